The van der Waals surface area contributed by atoms with Gasteiger partial charge in [-0.05, 0) is 6.92 Å². The molecule has 0 saturated heterocycles. The molecular weight excluding hydrogens is 122 g/mol. The van der Waals surface area contributed by atoms with Gasteiger partial charge in [-0.3, -0.25) is 9.63 Å². The second-order valence-corrected chi connectivity index (χ2v) is 1.82. The van der Waals surface area contributed by atoms with Crippen molar-refractivity contribution < 1.29 is 14.7 Å². The SMILES string of the molecule is CC(=O)NOC[C@@H](C)O. The molecule has 0 bridgehead atoms. The van der Waals surface area contributed by atoms with E-state index in [9.17, 15) is 4.79 Å². The monoisotopic (exact) mass is 133 g/mol. The van der Waals surface area contributed by atoms with Crippen LogP contribution in [0.1, 0.15) is 13.8 Å². The Balaban J connectivity index is 3.01. The molecule has 0 saturated carbocycles. The maximum atomic E-state index is 10.1. The third-order valence-electron chi connectivity index (χ3n) is 0.540. The molecule has 54 valence electrons. The van der Waals surface area contributed by atoms with Crippen molar-refractivity contribution in [3.8, 4) is 0 Å². The summed E-state index contributed by atoms with van der Waals surface area (Å²) < 4.78 is 0. The second-order valence-electron chi connectivity index (χ2n) is 1.82. The minimum absolute atomic E-state index is 0.125. The Morgan fingerprint density at radius 1 is 1.89 bits per heavy atom. The van der Waals surface area contributed by atoms with Gasteiger partial charge >= 0.3 is 0 Å². The van der Waals surface area contributed by atoms with E-state index in [1.807, 2.05) is 0 Å². The Labute approximate surface area is 53.8 Å². The van der Waals surface area contributed by atoms with Crippen molar-refractivity contribution in [3.63, 3.8) is 0 Å². The second kappa shape index (κ2) is 4.29. The van der Waals surface area contributed by atoms with Gasteiger partial charge in [-0.25, -0.2) is 5.48 Å². The zero-order valence-corrected chi connectivity index (χ0v) is 5.55. The first-order valence-electron chi connectivity index (χ1n) is 2.69. The van der Waals surface area contributed by atoms with Crippen molar-refractivity contribution in [2.75, 3.05) is 6.61 Å². The fourth-order valence-electron chi connectivity index (χ4n) is 0.264. The third kappa shape index (κ3) is 7.39. The largest absolute Gasteiger partial charge is 0.391 e. The highest BCUT2D eigenvalue weighted by Gasteiger charge is 1.94. The molecule has 0 fully saturated rings. The van der Waals surface area contributed by atoms with Crippen LogP contribution in [0.15, 0.2) is 0 Å². The molecule has 0 aromatic rings. The summed E-state index contributed by atoms with van der Waals surface area (Å²) in [4.78, 5) is 14.6. The van der Waals surface area contributed by atoms with Crippen molar-refractivity contribution in [2.24, 2.45) is 0 Å². The molecule has 4 heteroatoms. The molecule has 1 amide bonds. The van der Waals surface area contributed by atoms with Gasteiger partial charge in [-0.2, -0.15) is 0 Å². The Bertz CT molecular complexity index is 92.2. The van der Waals surface area contributed by atoms with Gasteiger partial charge in [-0.1, -0.05) is 0 Å². The summed E-state index contributed by atoms with van der Waals surface area (Å²) in [5.74, 6) is -0.268. The third-order valence-corrected chi connectivity index (χ3v) is 0.540. The van der Waals surface area contributed by atoms with Crippen LogP contribution < -0.4 is 5.48 Å². The van der Waals surface area contributed by atoms with Crippen LogP contribution in [0.2, 0.25) is 0 Å². The standard InChI is InChI=1S/C5H11NO3/c1-4(7)3-9-6-5(2)8/h4,7H,3H2,1-2H3,(H,6,8)/t4-/m1/s1. The summed E-state index contributed by atoms with van der Waals surface area (Å²) in [6, 6.07) is 0. The van der Waals surface area contributed by atoms with Gasteiger partial charge in [0.05, 0.1) is 6.10 Å². The molecule has 0 heterocycles. The molecular formula is C5H11NO3. The molecule has 9 heavy (non-hydrogen) atoms. The number of hydroxylamine groups is 1. The topological polar surface area (TPSA) is 58.6 Å². The highest BCUT2D eigenvalue weighted by atomic mass is 16.7. The zero-order chi connectivity index (χ0) is 7.28. The number of carbonyl (C=O) groups excluding carboxylic acids is 1. The van der Waals surface area contributed by atoms with E-state index in [1.165, 1.54) is 6.92 Å². The van der Waals surface area contributed by atoms with Crippen molar-refractivity contribution in [3.05, 3.63) is 0 Å². The van der Waals surface area contributed by atoms with Crippen LogP contribution in [0.5, 0.6) is 0 Å². The Hall–Kier alpha value is -0.610. The quantitative estimate of drug-likeness (QED) is 0.507. The van der Waals surface area contributed by atoms with Crippen molar-refractivity contribution >= 4 is 5.91 Å². The van der Waals surface area contributed by atoms with E-state index in [2.05, 4.69) is 10.3 Å². The number of rotatable bonds is 3. The highest BCUT2D eigenvalue weighted by molar-refractivity contribution is 5.71. The number of aliphatic hydroxyl groups excluding tert-OH is 1. The Morgan fingerprint density at radius 3 is 2.78 bits per heavy atom. The first-order chi connectivity index (χ1) is 4.13. The van der Waals surface area contributed by atoms with E-state index in [-0.39, 0.29) is 12.5 Å². The van der Waals surface area contributed by atoms with E-state index in [4.69, 9.17) is 5.11 Å². The maximum absolute atomic E-state index is 10.1. The van der Waals surface area contributed by atoms with E-state index in [0.717, 1.165) is 0 Å². The molecule has 0 rings (SSSR count). The van der Waals surface area contributed by atoms with Crippen molar-refractivity contribution in [1.29, 1.82) is 0 Å². The van der Waals surface area contributed by atoms with Gasteiger partial charge in [0, 0.05) is 6.92 Å². The molecule has 0 aromatic heterocycles. The summed E-state index contributed by atoms with van der Waals surface area (Å²) in [7, 11) is 0. The average molecular weight is 133 g/mol. The van der Waals surface area contributed by atoms with Crippen LogP contribution in [0, 0.1) is 0 Å². The smallest absolute Gasteiger partial charge is 0.240 e. The van der Waals surface area contributed by atoms with Crippen molar-refractivity contribution in [2.45, 2.75) is 20.0 Å². The number of aliphatic hydroxyl groups is 1. The molecule has 0 aliphatic heterocycles. The molecule has 0 spiro atoms. The van der Waals surface area contributed by atoms with Gasteiger partial charge in [0.2, 0.25) is 5.91 Å². The van der Waals surface area contributed by atoms with E-state index >= 15 is 0 Å². The lowest BCUT2D eigenvalue weighted by molar-refractivity contribution is -0.133. The number of amides is 1. The predicted octanol–water partition coefficient (Wildman–Crippen LogP) is -0.565. The summed E-state index contributed by atoms with van der Waals surface area (Å²) >= 11 is 0. The molecule has 0 aliphatic rings. The molecule has 2 N–H and O–H groups in total. The van der Waals surface area contributed by atoms with Crippen LogP contribution in [-0.4, -0.2) is 23.7 Å². The summed E-state index contributed by atoms with van der Waals surface area (Å²) in [5.41, 5.74) is 2.08. The summed E-state index contributed by atoms with van der Waals surface area (Å²) in [6.07, 6.45) is -0.545. The highest BCUT2D eigenvalue weighted by Crippen LogP contribution is 1.77. The first kappa shape index (κ1) is 8.39. The molecule has 0 aliphatic carbocycles. The lowest BCUT2D eigenvalue weighted by atomic mass is 10.5. The van der Waals surface area contributed by atoms with Crippen LogP contribution >= 0.6 is 0 Å². The summed E-state index contributed by atoms with van der Waals surface area (Å²) in [5, 5.41) is 8.59. The number of hydrogen-bond donors (Lipinski definition) is 2. The van der Waals surface area contributed by atoms with Crippen LogP contribution in [0.3, 0.4) is 0 Å². The molecule has 1 atom stereocenters. The van der Waals surface area contributed by atoms with E-state index in [1.54, 1.807) is 6.92 Å². The zero-order valence-electron chi connectivity index (χ0n) is 5.55. The van der Waals surface area contributed by atoms with Gasteiger partial charge in [-0.15, -0.1) is 0 Å². The minimum Gasteiger partial charge on any atom is -0.391 e. The number of carbonyl (C=O) groups is 1. The molecule has 0 unspecified atom stereocenters. The normalized spacial score (nSPS) is 12.8. The predicted molar refractivity (Wildman–Crippen MR) is 31.4 cm³/mol. The maximum Gasteiger partial charge on any atom is 0.240 e. The Morgan fingerprint density at radius 2 is 2.44 bits per heavy atom. The molecule has 4 nitrogen and oxygen atoms in total. The van der Waals surface area contributed by atoms with Crippen LogP contribution in [0.25, 0.3) is 0 Å². The van der Waals surface area contributed by atoms with Crippen LogP contribution in [0.4, 0.5) is 0 Å². The minimum atomic E-state index is -0.545. The van der Waals surface area contributed by atoms with Gasteiger partial charge in [0.1, 0.15) is 6.61 Å². The Kier molecular flexibility index (Phi) is 4.00. The lowest BCUT2D eigenvalue weighted by Gasteiger charge is -2.03. The van der Waals surface area contributed by atoms with Gasteiger partial charge < -0.3 is 5.11 Å². The number of hydrogen-bond acceptors (Lipinski definition) is 3. The summed E-state index contributed by atoms with van der Waals surface area (Å²) in [6.45, 7) is 3.03. The fraction of sp³-hybridized carbons (Fsp3) is 0.800. The molecule has 0 aromatic carbocycles. The van der Waals surface area contributed by atoms with Crippen LogP contribution in [-0.2, 0) is 9.63 Å². The molecule has 0 radical (unpaired) electrons. The van der Waals surface area contributed by atoms with Gasteiger partial charge in [0.15, 0.2) is 0 Å². The van der Waals surface area contributed by atoms with E-state index in [0.29, 0.717) is 0 Å². The van der Waals surface area contributed by atoms with Gasteiger partial charge in [0.25, 0.3) is 0 Å². The first-order valence-corrected chi connectivity index (χ1v) is 2.69. The van der Waals surface area contributed by atoms with E-state index < -0.39 is 6.10 Å². The average Bonchev–Trinajstić information content (AvgIpc) is 1.63. The fourth-order valence-corrected chi connectivity index (χ4v) is 0.264. The number of nitrogens with one attached hydrogen (secondary N) is 1. The lowest BCUT2D eigenvalue weighted by Crippen LogP contribution is -2.24. The van der Waals surface area contributed by atoms with Crippen molar-refractivity contribution in [1.82, 2.24) is 5.48 Å².